The van der Waals surface area contributed by atoms with Crippen LogP contribution in [0.2, 0.25) is 19.6 Å². The molecule has 90 valence electrons. The summed E-state index contributed by atoms with van der Waals surface area (Å²) < 4.78 is 5.36. The van der Waals surface area contributed by atoms with Crippen LogP contribution in [0.15, 0.2) is 21.3 Å². The fourth-order valence-electron chi connectivity index (χ4n) is 1.84. The maximum absolute atomic E-state index is 11.3. The second kappa shape index (κ2) is 5.48. The molecule has 0 aliphatic heterocycles. The van der Waals surface area contributed by atoms with E-state index >= 15 is 0 Å². The molecule has 16 heavy (non-hydrogen) atoms. The summed E-state index contributed by atoms with van der Waals surface area (Å²) >= 11 is 0. The summed E-state index contributed by atoms with van der Waals surface area (Å²) in [6.07, 6.45) is 4.41. The molecule has 0 aliphatic rings. The Bertz CT molecular complexity index is 388. The summed E-state index contributed by atoms with van der Waals surface area (Å²) in [4.78, 5) is 11.3. The second-order valence-corrected chi connectivity index (χ2v) is 10.3. The lowest BCUT2D eigenvalue weighted by molar-refractivity contribution is 0.455. The van der Waals surface area contributed by atoms with Crippen molar-refractivity contribution in [3.05, 3.63) is 28.3 Å². The van der Waals surface area contributed by atoms with Crippen molar-refractivity contribution in [1.82, 2.24) is 0 Å². The fourth-order valence-corrected chi connectivity index (χ4v) is 3.44. The maximum atomic E-state index is 11.3. The molecule has 0 atom stereocenters. The topological polar surface area (TPSA) is 30.2 Å². The number of rotatable bonds is 5. The fraction of sp³-hybridized carbons (Fsp3) is 0.615. The van der Waals surface area contributed by atoms with Gasteiger partial charge in [0, 0.05) is 12.5 Å². The minimum Gasteiger partial charge on any atom is -0.428 e. The third kappa shape index (κ3) is 3.63. The third-order valence-corrected chi connectivity index (χ3v) is 4.79. The van der Waals surface area contributed by atoms with E-state index in [1.54, 1.807) is 6.07 Å². The number of unbranched alkanes of at least 4 members (excludes halogenated alkanes) is 2. The van der Waals surface area contributed by atoms with Crippen LogP contribution >= 0.6 is 0 Å². The van der Waals surface area contributed by atoms with Crippen molar-refractivity contribution in [3.8, 4) is 0 Å². The molecule has 0 bridgehead atoms. The van der Waals surface area contributed by atoms with Gasteiger partial charge in [-0.05, 0) is 11.6 Å². The molecule has 0 spiro atoms. The summed E-state index contributed by atoms with van der Waals surface area (Å²) in [6, 6.07) is 3.52. The molecule has 0 fully saturated rings. The van der Waals surface area contributed by atoms with Gasteiger partial charge in [0.15, 0.2) is 0 Å². The lowest BCUT2D eigenvalue weighted by Crippen LogP contribution is -2.41. The molecule has 3 heteroatoms. The molecular formula is C13H22O2Si. The van der Waals surface area contributed by atoms with Gasteiger partial charge in [0.1, 0.15) is 5.76 Å². The molecule has 1 aromatic heterocycles. The van der Waals surface area contributed by atoms with Gasteiger partial charge in [-0.25, -0.2) is 4.79 Å². The molecule has 0 aromatic carbocycles. The van der Waals surface area contributed by atoms with E-state index in [1.165, 1.54) is 18.0 Å². The Morgan fingerprint density at radius 1 is 1.19 bits per heavy atom. The van der Waals surface area contributed by atoms with Crippen LogP contribution in [0.5, 0.6) is 0 Å². The molecule has 1 aromatic rings. The highest BCUT2D eigenvalue weighted by Gasteiger charge is 2.21. The Morgan fingerprint density at radius 2 is 1.88 bits per heavy atom. The average Bonchev–Trinajstić information content (AvgIpc) is 2.16. The zero-order valence-corrected chi connectivity index (χ0v) is 11.8. The van der Waals surface area contributed by atoms with E-state index in [2.05, 4.69) is 26.6 Å². The molecule has 2 nitrogen and oxygen atoms in total. The third-order valence-electron chi connectivity index (χ3n) is 2.73. The molecule has 0 radical (unpaired) electrons. The van der Waals surface area contributed by atoms with Gasteiger partial charge in [-0.1, -0.05) is 45.5 Å². The van der Waals surface area contributed by atoms with Crippen LogP contribution < -0.4 is 10.8 Å². The highest BCUT2D eigenvalue weighted by molar-refractivity contribution is 6.88. The van der Waals surface area contributed by atoms with E-state index in [9.17, 15) is 4.79 Å². The molecule has 0 saturated carbocycles. The van der Waals surface area contributed by atoms with Crippen molar-refractivity contribution in [1.29, 1.82) is 0 Å². The largest absolute Gasteiger partial charge is 0.428 e. The quantitative estimate of drug-likeness (QED) is 0.583. The minimum atomic E-state index is -1.39. The monoisotopic (exact) mass is 238 g/mol. The van der Waals surface area contributed by atoms with Crippen molar-refractivity contribution in [2.45, 2.75) is 52.2 Å². The van der Waals surface area contributed by atoms with E-state index in [-0.39, 0.29) is 5.63 Å². The van der Waals surface area contributed by atoms with Gasteiger partial charge in [0.25, 0.3) is 0 Å². The van der Waals surface area contributed by atoms with Crippen molar-refractivity contribution in [2.24, 2.45) is 0 Å². The van der Waals surface area contributed by atoms with Crippen LogP contribution in [0.3, 0.4) is 0 Å². The molecule has 1 rings (SSSR count). The Balaban J connectivity index is 2.95. The van der Waals surface area contributed by atoms with Gasteiger partial charge < -0.3 is 4.42 Å². The summed E-state index contributed by atoms with van der Waals surface area (Å²) in [6.45, 7) is 9.03. The Labute approximate surface area is 98.7 Å². The van der Waals surface area contributed by atoms with Gasteiger partial charge in [-0.3, -0.25) is 0 Å². The average molecular weight is 238 g/mol. The van der Waals surface area contributed by atoms with Crippen LogP contribution in [0.1, 0.15) is 31.9 Å². The summed E-state index contributed by atoms with van der Waals surface area (Å²) in [5.41, 5.74) is -0.214. The highest BCUT2D eigenvalue weighted by Crippen LogP contribution is 2.09. The SMILES string of the molecule is CCCCCc1oc(=O)ccc1[Si](C)(C)C. The van der Waals surface area contributed by atoms with E-state index in [4.69, 9.17) is 4.42 Å². The molecule has 0 aliphatic carbocycles. The lowest BCUT2D eigenvalue weighted by atomic mass is 10.1. The zero-order valence-electron chi connectivity index (χ0n) is 10.8. The molecule has 0 N–H and O–H groups in total. The van der Waals surface area contributed by atoms with E-state index in [0.29, 0.717) is 0 Å². The standard InChI is InChI=1S/C13H22O2Si/c1-5-6-7-8-11-12(16(2,3)4)9-10-13(14)15-11/h9-10H,5-8H2,1-4H3. The Hall–Kier alpha value is -0.833. The van der Waals surface area contributed by atoms with Crippen LogP contribution in [-0.4, -0.2) is 8.07 Å². The predicted octanol–water partition coefficient (Wildman–Crippen LogP) is 2.92. The highest BCUT2D eigenvalue weighted by atomic mass is 28.3. The van der Waals surface area contributed by atoms with Crippen LogP contribution in [0, 0.1) is 0 Å². The van der Waals surface area contributed by atoms with Gasteiger partial charge >= 0.3 is 5.63 Å². The first kappa shape index (κ1) is 13.2. The second-order valence-electron chi connectivity index (χ2n) is 5.30. The Morgan fingerprint density at radius 3 is 2.44 bits per heavy atom. The normalized spacial score (nSPS) is 11.8. The molecule has 0 saturated heterocycles. The van der Waals surface area contributed by atoms with E-state index in [1.807, 2.05) is 6.07 Å². The van der Waals surface area contributed by atoms with Gasteiger partial charge in [-0.15, -0.1) is 0 Å². The Kier molecular flexibility index (Phi) is 4.53. The van der Waals surface area contributed by atoms with Crippen LogP contribution in [0.4, 0.5) is 0 Å². The maximum Gasteiger partial charge on any atom is 0.335 e. The smallest absolute Gasteiger partial charge is 0.335 e. The van der Waals surface area contributed by atoms with E-state index in [0.717, 1.165) is 18.6 Å². The number of hydrogen-bond acceptors (Lipinski definition) is 2. The van der Waals surface area contributed by atoms with Gasteiger partial charge in [-0.2, -0.15) is 0 Å². The first-order valence-electron chi connectivity index (χ1n) is 6.08. The number of aryl methyl sites for hydroxylation is 1. The van der Waals surface area contributed by atoms with Crippen LogP contribution in [-0.2, 0) is 6.42 Å². The van der Waals surface area contributed by atoms with Crippen LogP contribution in [0.25, 0.3) is 0 Å². The van der Waals surface area contributed by atoms with Gasteiger partial charge in [0.2, 0.25) is 0 Å². The summed E-state index contributed by atoms with van der Waals surface area (Å²) in [5.74, 6) is 0.931. The van der Waals surface area contributed by atoms with Crippen molar-refractivity contribution < 1.29 is 4.42 Å². The lowest BCUT2D eigenvalue weighted by Gasteiger charge is -2.19. The molecule has 1 heterocycles. The predicted molar refractivity (Wildman–Crippen MR) is 71.2 cm³/mol. The molecule has 0 amide bonds. The first-order valence-corrected chi connectivity index (χ1v) is 9.58. The van der Waals surface area contributed by atoms with E-state index < -0.39 is 8.07 Å². The summed E-state index contributed by atoms with van der Waals surface area (Å²) in [7, 11) is -1.39. The summed E-state index contributed by atoms with van der Waals surface area (Å²) in [5, 5.41) is 1.29. The van der Waals surface area contributed by atoms with Crippen molar-refractivity contribution >= 4 is 13.3 Å². The zero-order chi connectivity index (χ0) is 12.2. The minimum absolute atomic E-state index is 0.214. The molecular weight excluding hydrogens is 216 g/mol. The van der Waals surface area contributed by atoms with Crippen molar-refractivity contribution in [2.75, 3.05) is 0 Å². The first-order chi connectivity index (χ1) is 7.45. The number of hydrogen-bond donors (Lipinski definition) is 0. The van der Waals surface area contributed by atoms with Gasteiger partial charge in [0.05, 0.1) is 8.07 Å². The molecule has 0 unspecified atom stereocenters. The van der Waals surface area contributed by atoms with Crippen molar-refractivity contribution in [3.63, 3.8) is 0 Å².